The van der Waals surface area contributed by atoms with Crippen molar-refractivity contribution in [2.24, 2.45) is 0 Å². The molecule has 0 bridgehead atoms. The van der Waals surface area contributed by atoms with Crippen molar-refractivity contribution in [1.29, 1.82) is 0 Å². The third kappa shape index (κ3) is 15.5. The number of phosphoric ester groups is 2. The van der Waals surface area contributed by atoms with Crippen LogP contribution in [0, 0.1) is 0 Å². The molecule has 5 N–H and O–H groups in total. The molecule has 0 spiro atoms. The Kier molecular flexibility index (Phi) is 20.0. The molecule has 0 aromatic heterocycles. The molecule has 0 radical (unpaired) electrons. The summed E-state index contributed by atoms with van der Waals surface area (Å²) in [5.41, 5.74) is 10.6. The van der Waals surface area contributed by atoms with E-state index in [2.05, 4.69) is 215 Å². The van der Waals surface area contributed by atoms with Crippen molar-refractivity contribution < 1.29 is 53.4 Å². The maximum atomic E-state index is 13.4. The number of phosphoric acid groups is 2. The van der Waals surface area contributed by atoms with Gasteiger partial charge in [-0.25, -0.2) is 9.13 Å². The Bertz CT molecular complexity index is 2320. The van der Waals surface area contributed by atoms with E-state index < -0.39 is 15.6 Å². The van der Waals surface area contributed by atoms with Crippen LogP contribution in [-0.2, 0) is 65.3 Å². The van der Waals surface area contributed by atoms with Gasteiger partial charge in [0.1, 0.15) is 23.0 Å². The maximum absolute atomic E-state index is 13.4. The number of hydrogen-bond donors (Lipinski definition) is 2. The third-order valence-electron chi connectivity index (χ3n) is 12.9. The van der Waals surface area contributed by atoms with E-state index in [1.807, 2.05) is 0 Å². The second-order valence-corrected chi connectivity index (χ2v) is 30.3. The molecule has 0 fully saturated rings. The van der Waals surface area contributed by atoms with Gasteiger partial charge in [0.05, 0.1) is 0 Å². The Labute approximate surface area is 444 Å². The average molecular weight is 1050 g/mol. The standard InChI is InChI=1S/2C29H43O4P.Al.3H2O/c2*1-26(2,3)20-14-18-13-19-15-21(27(4,5)6)17-23(29(10,11)12)25(19)33-34(30,31)32-24(18)22(16-20)28(7,8)9;;;;/h2*14-17H,13H2,1-12H3,(H,30,31);;3*1H2/q;;+3;;;/p-3. The molecule has 2 heterocycles. The summed E-state index contributed by atoms with van der Waals surface area (Å²) in [7, 11) is -8.85. The Morgan fingerprint density at radius 2 is 0.472 bits per heavy atom. The van der Waals surface area contributed by atoms with Crippen LogP contribution in [0.2, 0.25) is 0 Å². The topological polar surface area (TPSA) is 202 Å². The summed E-state index contributed by atoms with van der Waals surface area (Å²) < 4.78 is 50.2. The van der Waals surface area contributed by atoms with Gasteiger partial charge in [0.2, 0.25) is 0 Å². The molecule has 11 nitrogen and oxygen atoms in total. The first-order chi connectivity index (χ1) is 30.2. The van der Waals surface area contributed by atoms with Gasteiger partial charge in [-0.05, 0) is 87.8 Å². The molecule has 400 valence electrons. The summed E-state index contributed by atoms with van der Waals surface area (Å²) in [5.74, 6) is 1.87. The molecular formula is C58H89AlO11P2. The Morgan fingerprint density at radius 1 is 0.319 bits per heavy atom. The smallest absolute Gasteiger partial charge is 0.870 e. The van der Waals surface area contributed by atoms with Gasteiger partial charge < -0.3 is 34.5 Å². The van der Waals surface area contributed by atoms with E-state index >= 15 is 0 Å². The number of hydrogen-bond acceptors (Lipinski definition) is 9. The van der Waals surface area contributed by atoms with Crippen LogP contribution in [-0.4, -0.2) is 43.6 Å². The molecule has 0 atom stereocenters. The molecule has 2 aliphatic heterocycles. The second kappa shape index (κ2) is 21.5. The van der Waals surface area contributed by atoms with Crippen LogP contribution in [0.3, 0.4) is 0 Å². The minimum absolute atomic E-state index is 0. The molecule has 0 saturated heterocycles. The van der Waals surface area contributed by atoms with Gasteiger partial charge in [-0.1, -0.05) is 215 Å². The molecule has 0 aliphatic carbocycles. The van der Waals surface area contributed by atoms with Crippen LogP contribution >= 0.6 is 15.6 Å². The van der Waals surface area contributed by atoms with Crippen molar-refractivity contribution >= 4 is 33.0 Å². The van der Waals surface area contributed by atoms with Gasteiger partial charge in [-0.3, -0.25) is 9.79 Å². The van der Waals surface area contributed by atoms with Crippen LogP contribution in [0.25, 0.3) is 0 Å². The quantitative estimate of drug-likeness (QED) is 0.125. The summed E-state index contributed by atoms with van der Waals surface area (Å²) >= 11 is 0. The number of benzene rings is 4. The molecule has 72 heavy (non-hydrogen) atoms. The van der Waals surface area contributed by atoms with Crippen molar-refractivity contribution in [3.05, 3.63) is 115 Å². The summed E-state index contributed by atoms with van der Waals surface area (Å²) in [4.78, 5) is 21.8. The maximum Gasteiger partial charge on any atom is 3.00 e. The van der Waals surface area contributed by atoms with E-state index in [1.165, 1.54) is 22.3 Å². The van der Waals surface area contributed by atoms with Gasteiger partial charge in [-0.2, -0.15) is 0 Å². The molecule has 4 aromatic carbocycles. The van der Waals surface area contributed by atoms with Gasteiger partial charge in [0.15, 0.2) is 0 Å². The molecule has 0 amide bonds. The van der Waals surface area contributed by atoms with Gasteiger partial charge in [0, 0.05) is 35.1 Å². The van der Waals surface area contributed by atoms with Gasteiger partial charge in [-0.15, -0.1) is 0 Å². The van der Waals surface area contributed by atoms with Crippen molar-refractivity contribution in [3.8, 4) is 23.0 Å². The van der Waals surface area contributed by atoms with Crippen molar-refractivity contribution in [2.45, 2.75) is 222 Å². The zero-order valence-corrected chi connectivity index (χ0v) is 51.1. The van der Waals surface area contributed by atoms with Crippen LogP contribution in [0.5, 0.6) is 23.0 Å². The summed E-state index contributed by atoms with van der Waals surface area (Å²) in [6.45, 7) is 51.5. The Morgan fingerprint density at radius 3 is 0.597 bits per heavy atom. The first kappa shape index (κ1) is 66.9. The predicted molar refractivity (Wildman–Crippen MR) is 295 cm³/mol. The monoisotopic (exact) mass is 1050 g/mol. The number of rotatable bonds is 0. The molecule has 0 saturated carbocycles. The first-order valence-corrected chi connectivity index (χ1v) is 27.3. The van der Waals surface area contributed by atoms with Gasteiger partial charge >= 0.3 is 33.0 Å². The SMILES string of the molecule is CC(C)(C)c1cc2c(c(C(C)(C)C)c1)OP(=O)(O)Oc1c(cc(C(C)(C)C)cc1C(C)(C)C)C2.CC(C)(C)c1cc2c(c(C(C)(C)C)c1)OP(=O)(O)Oc1c(cc(C(C)(C)C)cc1C(C)(C)C)C2.[Al+3].[OH-].[OH-].[OH-]. The second-order valence-electron chi connectivity index (χ2n) is 27.7. The zero-order chi connectivity index (χ0) is 52.1. The first-order valence-electron chi connectivity index (χ1n) is 24.3. The van der Waals surface area contributed by atoms with Crippen molar-refractivity contribution in [2.75, 3.05) is 0 Å². The van der Waals surface area contributed by atoms with E-state index in [-0.39, 0.29) is 77.1 Å². The molecule has 4 aromatic rings. The minimum Gasteiger partial charge on any atom is -0.870 e. The van der Waals surface area contributed by atoms with E-state index in [0.717, 1.165) is 44.5 Å². The molecular weight excluding hydrogens is 962 g/mol. The predicted octanol–water partition coefficient (Wildman–Crippen LogP) is 15.8. The molecule has 14 heteroatoms. The van der Waals surface area contributed by atoms with E-state index in [9.17, 15) is 18.9 Å². The Hall–Kier alpha value is -3.13. The molecule has 0 unspecified atom stereocenters. The summed E-state index contributed by atoms with van der Waals surface area (Å²) in [6.07, 6.45) is 1.12. The third-order valence-corrected chi connectivity index (χ3v) is 14.6. The fraction of sp³-hybridized carbons (Fsp3) is 0.586. The fourth-order valence-corrected chi connectivity index (χ4v) is 10.4. The van der Waals surface area contributed by atoms with Crippen LogP contribution in [0.1, 0.15) is 233 Å². The minimum atomic E-state index is -4.43. The molecule has 2 aliphatic rings. The van der Waals surface area contributed by atoms with Crippen LogP contribution in [0.4, 0.5) is 0 Å². The van der Waals surface area contributed by atoms with E-state index in [1.54, 1.807) is 0 Å². The number of fused-ring (bicyclic) bond motifs is 4. The van der Waals surface area contributed by atoms with Crippen LogP contribution < -0.4 is 18.1 Å². The summed E-state index contributed by atoms with van der Waals surface area (Å²) in [6, 6.07) is 17.0. The van der Waals surface area contributed by atoms with E-state index in [4.69, 9.17) is 18.1 Å². The fourth-order valence-electron chi connectivity index (χ4n) is 8.58. The van der Waals surface area contributed by atoms with Crippen molar-refractivity contribution in [1.82, 2.24) is 0 Å². The summed E-state index contributed by atoms with van der Waals surface area (Å²) in [5, 5.41) is 0. The zero-order valence-electron chi connectivity index (χ0n) is 48.2. The van der Waals surface area contributed by atoms with Crippen LogP contribution in [0.15, 0.2) is 48.5 Å². The van der Waals surface area contributed by atoms with Crippen molar-refractivity contribution in [3.63, 3.8) is 0 Å². The average Bonchev–Trinajstić information content (AvgIpc) is 3.08. The van der Waals surface area contributed by atoms with E-state index in [0.29, 0.717) is 35.8 Å². The molecule has 6 rings (SSSR count). The normalized spacial score (nSPS) is 15.6. The largest absolute Gasteiger partial charge is 3.00 e. The Balaban J connectivity index is 0.000000682. The van der Waals surface area contributed by atoms with Gasteiger partial charge in [0.25, 0.3) is 0 Å².